The molecule has 1 unspecified atom stereocenters. The highest BCUT2D eigenvalue weighted by molar-refractivity contribution is 6.34. The van der Waals surface area contributed by atoms with Gasteiger partial charge >= 0.3 is 0 Å². The van der Waals surface area contributed by atoms with Crippen molar-refractivity contribution in [1.82, 2.24) is 0 Å². The number of nitrogens with two attached hydrogens (primary N) is 1. The number of ether oxygens (including phenoxy) is 2. The SMILES string of the molecule is CC(N)CCC(=O)Nc1cc2c(cc1Cl)OCCO2.Cl. The fourth-order valence-corrected chi connectivity index (χ4v) is 1.93. The van der Waals surface area contributed by atoms with Gasteiger partial charge < -0.3 is 20.5 Å². The fourth-order valence-electron chi connectivity index (χ4n) is 1.73. The molecular formula is C13H18Cl2N2O3. The van der Waals surface area contributed by atoms with E-state index in [2.05, 4.69) is 5.32 Å². The lowest BCUT2D eigenvalue weighted by Crippen LogP contribution is -2.20. The van der Waals surface area contributed by atoms with Crippen molar-refractivity contribution in [1.29, 1.82) is 0 Å². The number of hydrogen-bond acceptors (Lipinski definition) is 4. The summed E-state index contributed by atoms with van der Waals surface area (Å²) in [7, 11) is 0. The number of carbonyl (C=O) groups is 1. The lowest BCUT2D eigenvalue weighted by atomic mass is 10.2. The molecule has 1 aromatic rings. The molecule has 0 saturated carbocycles. The summed E-state index contributed by atoms with van der Waals surface area (Å²) >= 11 is 6.09. The number of anilines is 1. The topological polar surface area (TPSA) is 73.6 Å². The van der Waals surface area contributed by atoms with Crippen molar-refractivity contribution in [3.63, 3.8) is 0 Å². The van der Waals surface area contributed by atoms with Gasteiger partial charge in [-0.1, -0.05) is 11.6 Å². The molecule has 0 aliphatic carbocycles. The molecule has 1 amide bonds. The Morgan fingerprint density at radius 2 is 2.00 bits per heavy atom. The van der Waals surface area contributed by atoms with Crippen molar-refractivity contribution < 1.29 is 14.3 Å². The van der Waals surface area contributed by atoms with Crippen LogP contribution in [0.4, 0.5) is 5.69 Å². The minimum Gasteiger partial charge on any atom is -0.486 e. The minimum absolute atomic E-state index is 0. The molecule has 0 saturated heterocycles. The van der Waals surface area contributed by atoms with E-state index in [1.165, 1.54) is 0 Å². The summed E-state index contributed by atoms with van der Waals surface area (Å²) in [5.41, 5.74) is 6.14. The molecule has 5 nitrogen and oxygen atoms in total. The third-order valence-corrected chi connectivity index (χ3v) is 3.05. The largest absolute Gasteiger partial charge is 0.486 e. The van der Waals surface area contributed by atoms with Gasteiger partial charge in [0, 0.05) is 24.6 Å². The predicted molar refractivity (Wildman–Crippen MR) is 81.2 cm³/mol. The zero-order chi connectivity index (χ0) is 13.8. The Kier molecular flexibility index (Phi) is 6.39. The summed E-state index contributed by atoms with van der Waals surface area (Å²) in [5.74, 6) is 1.08. The van der Waals surface area contributed by atoms with Crippen LogP contribution in [0.1, 0.15) is 19.8 Å². The number of hydrogen-bond donors (Lipinski definition) is 2. The van der Waals surface area contributed by atoms with Gasteiger partial charge in [0.15, 0.2) is 11.5 Å². The monoisotopic (exact) mass is 320 g/mol. The molecule has 1 aromatic carbocycles. The molecule has 0 fully saturated rings. The average Bonchev–Trinajstić information content (AvgIpc) is 2.37. The molecule has 7 heteroatoms. The van der Waals surface area contributed by atoms with E-state index in [9.17, 15) is 4.79 Å². The predicted octanol–water partition coefficient (Wildman–Crippen LogP) is 2.60. The first-order valence-corrected chi connectivity index (χ1v) is 6.58. The van der Waals surface area contributed by atoms with E-state index in [0.717, 1.165) is 0 Å². The highest BCUT2D eigenvalue weighted by Crippen LogP contribution is 2.37. The lowest BCUT2D eigenvalue weighted by Gasteiger charge is -2.20. The Bertz CT molecular complexity index is 481. The second-order valence-corrected chi connectivity index (χ2v) is 4.95. The van der Waals surface area contributed by atoms with Crippen LogP contribution >= 0.6 is 24.0 Å². The normalized spacial score (nSPS) is 14.2. The average molecular weight is 321 g/mol. The summed E-state index contributed by atoms with van der Waals surface area (Å²) in [5, 5.41) is 3.18. The van der Waals surface area contributed by atoms with Gasteiger partial charge in [-0.25, -0.2) is 0 Å². The summed E-state index contributed by atoms with van der Waals surface area (Å²) < 4.78 is 10.8. The van der Waals surface area contributed by atoms with Crippen LogP contribution in [-0.2, 0) is 4.79 Å². The van der Waals surface area contributed by atoms with E-state index >= 15 is 0 Å². The van der Waals surface area contributed by atoms with E-state index in [4.69, 9.17) is 26.8 Å². The molecule has 112 valence electrons. The standard InChI is InChI=1S/C13H17ClN2O3.ClH/c1-8(15)2-3-13(17)16-10-7-12-11(6-9(10)14)18-4-5-19-12;/h6-8H,2-5,15H2,1H3,(H,16,17);1H. The third-order valence-electron chi connectivity index (χ3n) is 2.73. The Morgan fingerprint density at radius 1 is 1.40 bits per heavy atom. The number of fused-ring (bicyclic) bond motifs is 1. The number of halogens is 2. The van der Waals surface area contributed by atoms with Crippen molar-refractivity contribution in [2.24, 2.45) is 5.73 Å². The second kappa shape index (κ2) is 7.57. The van der Waals surface area contributed by atoms with Gasteiger partial charge in [0.1, 0.15) is 13.2 Å². The lowest BCUT2D eigenvalue weighted by molar-refractivity contribution is -0.116. The van der Waals surface area contributed by atoms with E-state index in [0.29, 0.717) is 48.3 Å². The fraction of sp³-hybridized carbons (Fsp3) is 0.462. The quantitative estimate of drug-likeness (QED) is 0.894. The van der Waals surface area contributed by atoms with Gasteiger partial charge in [-0.3, -0.25) is 4.79 Å². The third kappa shape index (κ3) is 4.44. The summed E-state index contributed by atoms with van der Waals surface area (Å²) in [6, 6.07) is 3.33. The van der Waals surface area contributed by atoms with E-state index in [1.807, 2.05) is 6.92 Å². The molecule has 1 atom stereocenters. The van der Waals surface area contributed by atoms with Gasteiger partial charge in [0.05, 0.1) is 10.7 Å². The maximum Gasteiger partial charge on any atom is 0.224 e. The highest BCUT2D eigenvalue weighted by Gasteiger charge is 2.16. The van der Waals surface area contributed by atoms with Crippen molar-refractivity contribution in [3.8, 4) is 11.5 Å². The van der Waals surface area contributed by atoms with E-state index < -0.39 is 0 Å². The first kappa shape index (κ1) is 16.9. The smallest absolute Gasteiger partial charge is 0.224 e. The maximum absolute atomic E-state index is 11.7. The van der Waals surface area contributed by atoms with Crippen LogP contribution in [0.25, 0.3) is 0 Å². The van der Waals surface area contributed by atoms with Crippen LogP contribution in [-0.4, -0.2) is 25.2 Å². The molecule has 1 aliphatic rings. The van der Waals surface area contributed by atoms with Crippen molar-refractivity contribution >= 4 is 35.6 Å². The number of amides is 1. The Balaban J connectivity index is 0.00000200. The number of nitrogens with one attached hydrogen (secondary N) is 1. The molecule has 20 heavy (non-hydrogen) atoms. The van der Waals surface area contributed by atoms with Gasteiger partial charge in [0.25, 0.3) is 0 Å². The number of benzene rings is 1. The number of rotatable bonds is 4. The van der Waals surface area contributed by atoms with E-state index in [-0.39, 0.29) is 24.4 Å². The van der Waals surface area contributed by atoms with Crippen molar-refractivity contribution in [2.45, 2.75) is 25.8 Å². The Labute approximate surface area is 129 Å². The van der Waals surface area contributed by atoms with Gasteiger partial charge in [0.2, 0.25) is 5.91 Å². The highest BCUT2D eigenvalue weighted by atomic mass is 35.5. The first-order chi connectivity index (χ1) is 9.06. The molecule has 1 aliphatic heterocycles. The maximum atomic E-state index is 11.7. The molecule has 0 bridgehead atoms. The molecule has 0 aromatic heterocycles. The molecule has 1 heterocycles. The molecule has 2 rings (SSSR count). The van der Waals surface area contributed by atoms with Crippen LogP contribution in [0.2, 0.25) is 5.02 Å². The van der Waals surface area contributed by atoms with Crippen molar-refractivity contribution in [2.75, 3.05) is 18.5 Å². The second-order valence-electron chi connectivity index (χ2n) is 4.54. The van der Waals surface area contributed by atoms with Gasteiger partial charge in [-0.05, 0) is 13.3 Å². The minimum atomic E-state index is -0.115. The van der Waals surface area contributed by atoms with Crippen LogP contribution in [0.5, 0.6) is 11.5 Å². The Morgan fingerprint density at radius 3 is 2.60 bits per heavy atom. The van der Waals surface area contributed by atoms with E-state index in [1.54, 1.807) is 12.1 Å². The molecule has 0 radical (unpaired) electrons. The summed E-state index contributed by atoms with van der Waals surface area (Å²) in [4.78, 5) is 11.7. The van der Waals surface area contributed by atoms with Gasteiger partial charge in [-0.2, -0.15) is 0 Å². The summed E-state index contributed by atoms with van der Waals surface area (Å²) in [6.07, 6.45) is 0.996. The zero-order valence-electron chi connectivity index (χ0n) is 11.1. The van der Waals surface area contributed by atoms with Gasteiger partial charge in [-0.15, -0.1) is 12.4 Å². The van der Waals surface area contributed by atoms with Crippen molar-refractivity contribution in [3.05, 3.63) is 17.2 Å². The van der Waals surface area contributed by atoms with Crippen LogP contribution in [0.15, 0.2) is 12.1 Å². The first-order valence-electron chi connectivity index (χ1n) is 6.21. The molecule has 3 N–H and O–H groups in total. The molecule has 0 spiro atoms. The van der Waals surface area contributed by atoms with Crippen LogP contribution in [0, 0.1) is 0 Å². The number of carbonyl (C=O) groups excluding carboxylic acids is 1. The zero-order valence-corrected chi connectivity index (χ0v) is 12.7. The summed E-state index contributed by atoms with van der Waals surface area (Å²) in [6.45, 7) is 2.86. The molecular weight excluding hydrogens is 303 g/mol. The van der Waals surface area contributed by atoms with Crippen LogP contribution in [0.3, 0.4) is 0 Å². The Hall–Kier alpha value is -1.17. The van der Waals surface area contributed by atoms with Crippen LogP contribution < -0.4 is 20.5 Å².